The summed E-state index contributed by atoms with van der Waals surface area (Å²) < 4.78 is 16.4. The molecule has 0 aromatic heterocycles. The van der Waals surface area contributed by atoms with Crippen LogP contribution in [-0.4, -0.2) is 32.6 Å². The van der Waals surface area contributed by atoms with Gasteiger partial charge in [0.25, 0.3) is 0 Å². The molecule has 0 saturated heterocycles. The van der Waals surface area contributed by atoms with Crippen molar-refractivity contribution in [3.63, 3.8) is 0 Å². The van der Waals surface area contributed by atoms with Gasteiger partial charge in [-0.15, -0.1) is 0 Å². The third-order valence-electron chi connectivity index (χ3n) is 5.50. The van der Waals surface area contributed by atoms with Crippen LogP contribution in [0.25, 0.3) is 3.59 Å². The molecule has 150 valence electrons. The van der Waals surface area contributed by atoms with Gasteiger partial charge in [-0.1, -0.05) is 0 Å². The Kier molecular flexibility index (Phi) is 11.6. The fraction of sp³-hybridized carbons (Fsp3) is 0.609. The maximum atomic E-state index is 9.62. The van der Waals surface area contributed by atoms with Crippen molar-refractivity contribution in [2.75, 3.05) is 14.2 Å². The van der Waals surface area contributed by atoms with Crippen molar-refractivity contribution in [2.45, 2.75) is 72.6 Å². The molecule has 0 unspecified atom stereocenters. The minimum absolute atomic E-state index is 0.744. The number of hydrogen-bond donors (Lipinski definition) is 0. The van der Waals surface area contributed by atoms with Crippen LogP contribution in [0.15, 0.2) is 24.3 Å². The van der Waals surface area contributed by atoms with Gasteiger partial charge in [0.05, 0.1) is 0 Å². The van der Waals surface area contributed by atoms with E-state index in [-0.39, 0.29) is 0 Å². The van der Waals surface area contributed by atoms with E-state index in [1.54, 1.807) is 14.2 Å². The first-order valence-corrected chi connectivity index (χ1v) is 17.9. The molecule has 0 radical (unpaired) electrons. The summed E-state index contributed by atoms with van der Waals surface area (Å²) in [5.74, 6) is 1.49. The quantitative estimate of drug-likeness (QED) is 0.227. The molecular formula is C23H37NO2Sn. The molecule has 0 saturated carbocycles. The molecule has 1 aromatic carbocycles. The number of allylic oxidation sites excluding steroid dienone is 1. The normalized spacial score (nSPS) is 11.9. The number of methoxy groups -OCH3 is 2. The fourth-order valence-electron chi connectivity index (χ4n) is 3.94. The van der Waals surface area contributed by atoms with Crippen molar-refractivity contribution >= 4 is 22.0 Å². The van der Waals surface area contributed by atoms with Crippen molar-refractivity contribution in [3.8, 4) is 17.6 Å². The van der Waals surface area contributed by atoms with Crippen LogP contribution in [0, 0.1) is 11.3 Å². The second-order valence-corrected chi connectivity index (χ2v) is 20.5. The Hall–Kier alpha value is -1.15. The van der Waals surface area contributed by atoms with E-state index < -0.39 is 18.4 Å². The fourth-order valence-corrected chi connectivity index (χ4v) is 20.5. The summed E-state index contributed by atoms with van der Waals surface area (Å²) >= 11 is -2.70. The Bertz CT molecular complexity index is 612. The molecule has 0 amide bonds. The number of nitriles is 1. The van der Waals surface area contributed by atoms with Gasteiger partial charge in [0.2, 0.25) is 0 Å². The molecule has 1 rings (SSSR count). The Morgan fingerprint density at radius 3 is 1.85 bits per heavy atom. The topological polar surface area (TPSA) is 42.2 Å². The Morgan fingerprint density at radius 2 is 1.44 bits per heavy atom. The van der Waals surface area contributed by atoms with Crippen LogP contribution in [0.5, 0.6) is 11.5 Å². The SMILES string of the molecule is CCC[CH2][Sn]([CH2]CCC)([CH2]CCC)/[C](=C\C#N)c1ccc(OC)c(OC)c1. The number of benzene rings is 1. The summed E-state index contributed by atoms with van der Waals surface area (Å²) in [6.45, 7) is 6.83. The van der Waals surface area contributed by atoms with Gasteiger partial charge < -0.3 is 0 Å². The number of ether oxygens (including phenoxy) is 2. The van der Waals surface area contributed by atoms with Crippen molar-refractivity contribution in [1.82, 2.24) is 0 Å². The summed E-state index contributed by atoms with van der Waals surface area (Å²) in [5.41, 5.74) is 1.17. The average Bonchev–Trinajstić information content (AvgIpc) is 2.71. The summed E-state index contributed by atoms with van der Waals surface area (Å²) in [7, 11) is 3.34. The standard InChI is InChI=1S/C11H10NO2.3C4H9.Sn/c1-13-10-6-5-9(4-3-7-12)8-11(10)14-2;3*1-3-4-2;/h3,5-6,8H,1-2H3;3*1,3-4H2,2H3;. The van der Waals surface area contributed by atoms with E-state index in [1.807, 2.05) is 12.1 Å². The second kappa shape index (κ2) is 13.1. The molecule has 4 heteroatoms. The molecule has 0 fully saturated rings. The van der Waals surface area contributed by atoms with Gasteiger partial charge in [0.15, 0.2) is 0 Å². The van der Waals surface area contributed by atoms with Crippen LogP contribution < -0.4 is 9.47 Å². The van der Waals surface area contributed by atoms with Crippen molar-refractivity contribution < 1.29 is 9.47 Å². The van der Waals surface area contributed by atoms with Crippen LogP contribution in [0.3, 0.4) is 0 Å². The Morgan fingerprint density at radius 1 is 0.926 bits per heavy atom. The Labute approximate surface area is 170 Å². The van der Waals surface area contributed by atoms with E-state index in [1.165, 1.54) is 61.0 Å². The number of nitrogens with zero attached hydrogens (tertiary/aromatic N) is 1. The zero-order valence-electron chi connectivity index (χ0n) is 17.9. The molecule has 0 aliphatic heterocycles. The van der Waals surface area contributed by atoms with Crippen molar-refractivity contribution in [3.05, 3.63) is 29.8 Å². The molecular weight excluding hydrogens is 441 g/mol. The van der Waals surface area contributed by atoms with Gasteiger partial charge in [0, 0.05) is 0 Å². The second-order valence-electron chi connectivity index (χ2n) is 7.35. The van der Waals surface area contributed by atoms with Crippen LogP contribution >= 0.6 is 0 Å². The van der Waals surface area contributed by atoms with Crippen LogP contribution in [-0.2, 0) is 0 Å². The summed E-state index contributed by atoms with van der Waals surface area (Å²) in [5, 5.41) is 9.62. The average molecular weight is 478 g/mol. The van der Waals surface area contributed by atoms with E-state index >= 15 is 0 Å². The van der Waals surface area contributed by atoms with E-state index in [0.717, 1.165) is 11.5 Å². The molecule has 0 N–H and O–H groups in total. The number of hydrogen-bond acceptors (Lipinski definition) is 3. The zero-order valence-corrected chi connectivity index (χ0v) is 20.8. The van der Waals surface area contributed by atoms with E-state index in [4.69, 9.17) is 9.47 Å². The third kappa shape index (κ3) is 6.75. The monoisotopic (exact) mass is 479 g/mol. The van der Waals surface area contributed by atoms with Crippen LogP contribution in [0.2, 0.25) is 13.3 Å². The van der Waals surface area contributed by atoms with Gasteiger partial charge in [0.1, 0.15) is 0 Å². The number of unbranched alkanes of at least 4 members (excludes halogenated alkanes) is 3. The van der Waals surface area contributed by atoms with Gasteiger partial charge in [-0.2, -0.15) is 0 Å². The van der Waals surface area contributed by atoms with E-state index in [0.29, 0.717) is 0 Å². The van der Waals surface area contributed by atoms with Gasteiger partial charge in [-0.25, -0.2) is 0 Å². The summed E-state index contributed by atoms with van der Waals surface area (Å²) in [6.07, 6.45) is 9.38. The molecule has 3 nitrogen and oxygen atoms in total. The van der Waals surface area contributed by atoms with Gasteiger partial charge in [-0.05, 0) is 0 Å². The van der Waals surface area contributed by atoms with Gasteiger partial charge >= 0.3 is 171 Å². The predicted octanol–water partition coefficient (Wildman–Crippen LogP) is 7.00. The van der Waals surface area contributed by atoms with Crippen LogP contribution in [0.4, 0.5) is 0 Å². The first-order valence-electron chi connectivity index (χ1n) is 10.4. The minimum atomic E-state index is -2.70. The Balaban J connectivity index is 3.49. The molecule has 0 aliphatic carbocycles. The maximum absolute atomic E-state index is 9.62. The molecule has 0 aliphatic rings. The number of rotatable bonds is 13. The molecule has 27 heavy (non-hydrogen) atoms. The molecule has 1 aromatic rings. The predicted molar refractivity (Wildman–Crippen MR) is 118 cm³/mol. The van der Waals surface area contributed by atoms with Crippen molar-refractivity contribution in [1.29, 1.82) is 5.26 Å². The van der Waals surface area contributed by atoms with Gasteiger partial charge in [-0.3, -0.25) is 0 Å². The summed E-state index contributed by atoms with van der Waals surface area (Å²) in [4.78, 5) is 0. The molecule has 0 heterocycles. The molecule has 0 atom stereocenters. The van der Waals surface area contributed by atoms with Crippen molar-refractivity contribution in [2.24, 2.45) is 0 Å². The van der Waals surface area contributed by atoms with E-state index in [2.05, 4.69) is 39.0 Å². The summed E-state index contributed by atoms with van der Waals surface area (Å²) in [6, 6.07) is 8.57. The zero-order chi connectivity index (χ0) is 20.1. The van der Waals surface area contributed by atoms with E-state index in [9.17, 15) is 5.26 Å². The molecule has 0 spiro atoms. The van der Waals surface area contributed by atoms with Crippen LogP contribution in [0.1, 0.15) is 64.9 Å². The first-order chi connectivity index (χ1) is 13.1. The third-order valence-corrected chi connectivity index (χ3v) is 21.2. The molecule has 0 bridgehead atoms. The first kappa shape index (κ1) is 23.9.